The normalized spacial score (nSPS) is 12.5. The van der Waals surface area contributed by atoms with Crippen molar-refractivity contribution >= 4 is 33.2 Å². The van der Waals surface area contributed by atoms with Crippen LogP contribution in [0.25, 0.3) is 0 Å². The van der Waals surface area contributed by atoms with Gasteiger partial charge in [0.2, 0.25) is 15.9 Å². The summed E-state index contributed by atoms with van der Waals surface area (Å²) in [6.45, 7) is 5.65. The Balaban J connectivity index is 2.25. The molecule has 0 heterocycles. The van der Waals surface area contributed by atoms with Crippen molar-refractivity contribution in [1.82, 2.24) is 5.32 Å². The van der Waals surface area contributed by atoms with Gasteiger partial charge in [0, 0.05) is 11.6 Å². The lowest BCUT2D eigenvalue weighted by Crippen LogP contribution is -2.48. The van der Waals surface area contributed by atoms with E-state index in [4.69, 9.17) is 11.6 Å². The second-order valence-electron chi connectivity index (χ2n) is 6.37. The van der Waals surface area contributed by atoms with Crippen molar-refractivity contribution in [3.05, 3.63) is 64.2 Å². The maximum Gasteiger partial charge on any atom is 0.243 e. The van der Waals surface area contributed by atoms with Gasteiger partial charge in [0.1, 0.15) is 6.04 Å². The van der Waals surface area contributed by atoms with Crippen LogP contribution in [0.3, 0.4) is 0 Å². The maximum absolute atomic E-state index is 12.6. The highest BCUT2D eigenvalue weighted by molar-refractivity contribution is 7.92. The molecule has 0 saturated heterocycles. The number of nitrogens with one attached hydrogen (secondary N) is 1. The van der Waals surface area contributed by atoms with Crippen LogP contribution in [0.4, 0.5) is 5.69 Å². The van der Waals surface area contributed by atoms with Gasteiger partial charge in [-0.25, -0.2) is 8.42 Å². The highest BCUT2D eigenvalue weighted by Crippen LogP contribution is 2.28. The average molecular weight is 395 g/mol. The van der Waals surface area contributed by atoms with Gasteiger partial charge >= 0.3 is 0 Å². The third-order valence-corrected chi connectivity index (χ3v) is 5.51. The standard InChI is InChI=1S/C19H23ClN2O3S/c1-13-6-5-7-16(10-13)12-21-19(23)15(3)22(26(4,24)25)18-11-17(20)9-8-14(18)2/h5-11,15H,12H2,1-4H3,(H,21,23)/t15-/m0/s1. The number of halogens is 1. The molecular formula is C19H23ClN2O3S. The molecule has 0 bridgehead atoms. The van der Waals surface area contributed by atoms with Crippen LogP contribution in [0.1, 0.15) is 23.6 Å². The lowest BCUT2D eigenvalue weighted by molar-refractivity contribution is -0.122. The summed E-state index contributed by atoms with van der Waals surface area (Å²) in [6, 6.07) is 11.8. The molecule has 0 spiro atoms. The topological polar surface area (TPSA) is 66.5 Å². The van der Waals surface area contributed by atoms with Crippen molar-refractivity contribution in [2.24, 2.45) is 0 Å². The van der Waals surface area contributed by atoms with E-state index in [-0.39, 0.29) is 5.91 Å². The van der Waals surface area contributed by atoms with Gasteiger partial charge in [-0.15, -0.1) is 0 Å². The van der Waals surface area contributed by atoms with Gasteiger partial charge in [-0.2, -0.15) is 0 Å². The van der Waals surface area contributed by atoms with Crippen molar-refractivity contribution < 1.29 is 13.2 Å². The van der Waals surface area contributed by atoms with Gasteiger partial charge in [-0.05, 0) is 44.0 Å². The van der Waals surface area contributed by atoms with E-state index in [1.807, 2.05) is 31.2 Å². The van der Waals surface area contributed by atoms with Gasteiger partial charge in [-0.1, -0.05) is 47.5 Å². The van der Waals surface area contributed by atoms with Crippen LogP contribution in [0.5, 0.6) is 0 Å². The first-order valence-corrected chi connectivity index (χ1v) is 10.4. The first-order valence-electron chi connectivity index (χ1n) is 8.18. The fraction of sp³-hybridized carbons (Fsp3) is 0.316. The number of hydrogen-bond acceptors (Lipinski definition) is 3. The highest BCUT2D eigenvalue weighted by Gasteiger charge is 2.30. The predicted molar refractivity (Wildman–Crippen MR) is 106 cm³/mol. The first-order chi connectivity index (χ1) is 12.1. The molecule has 2 aromatic rings. The summed E-state index contributed by atoms with van der Waals surface area (Å²) >= 11 is 6.03. The number of anilines is 1. The summed E-state index contributed by atoms with van der Waals surface area (Å²) in [7, 11) is -3.68. The average Bonchev–Trinajstić information content (AvgIpc) is 2.54. The Kier molecular flexibility index (Phi) is 6.31. The molecule has 0 aliphatic heterocycles. The zero-order chi connectivity index (χ0) is 19.5. The van der Waals surface area contributed by atoms with Crippen LogP contribution in [0, 0.1) is 13.8 Å². The molecule has 26 heavy (non-hydrogen) atoms. The highest BCUT2D eigenvalue weighted by atomic mass is 35.5. The predicted octanol–water partition coefficient (Wildman–Crippen LogP) is 3.43. The molecule has 1 N–H and O–H groups in total. The van der Waals surface area contributed by atoms with Gasteiger partial charge in [0.15, 0.2) is 0 Å². The summed E-state index contributed by atoms with van der Waals surface area (Å²) < 4.78 is 25.8. The lowest BCUT2D eigenvalue weighted by atomic mass is 10.1. The molecule has 0 saturated carbocycles. The van der Waals surface area contributed by atoms with Crippen molar-refractivity contribution in [3.63, 3.8) is 0 Å². The molecule has 140 valence electrons. The number of benzene rings is 2. The molecule has 0 radical (unpaired) electrons. The minimum atomic E-state index is -3.68. The SMILES string of the molecule is Cc1cccc(CNC(=O)[C@H](C)N(c2cc(Cl)ccc2C)S(C)(=O)=O)c1. The zero-order valence-electron chi connectivity index (χ0n) is 15.3. The number of sulfonamides is 1. The minimum Gasteiger partial charge on any atom is -0.350 e. The van der Waals surface area contributed by atoms with Crippen molar-refractivity contribution in [2.45, 2.75) is 33.4 Å². The second-order valence-corrected chi connectivity index (χ2v) is 8.67. The first kappa shape index (κ1) is 20.3. The summed E-state index contributed by atoms with van der Waals surface area (Å²) in [5, 5.41) is 3.21. The molecule has 0 fully saturated rings. The number of aryl methyl sites for hydroxylation is 2. The van der Waals surface area contributed by atoms with Gasteiger partial charge in [0.25, 0.3) is 0 Å². The van der Waals surface area contributed by atoms with E-state index in [0.29, 0.717) is 17.3 Å². The maximum atomic E-state index is 12.6. The second kappa shape index (κ2) is 8.10. The van der Waals surface area contributed by atoms with Gasteiger partial charge < -0.3 is 5.32 Å². The van der Waals surface area contributed by atoms with Crippen molar-refractivity contribution in [3.8, 4) is 0 Å². The third-order valence-electron chi connectivity index (χ3n) is 4.05. The summed E-state index contributed by atoms with van der Waals surface area (Å²) in [5.74, 6) is -0.378. The smallest absolute Gasteiger partial charge is 0.243 e. The van der Waals surface area contributed by atoms with Crippen LogP contribution < -0.4 is 9.62 Å². The van der Waals surface area contributed by atoms with E-state index in [0.717, 1.165) is 27.3 Å². The van der Waals surface area contributed by atoms with E-state index >= 15 is 0 Å². The number of amides is 1. The molecule has 0 aliphatic carbocycles. The Morgan fingerprint density at radius 3 is 2.50 bits per heavy atom. The molecule has 1 amide bonds. The lowest BCUT2D eigenvalue weighted by Gasteiger charge is -2.29. The van der Waals surface area contributed by atoms with Crippen LogP contribution in [0.15, 0.2) is 42.5 Å². The van der Waals surface area contributed by atoms with Crippen LogP contribution in [0.2, 0.25) is 5.02 Å². The van der Waals surface area contributed by atoms with Gasteiger partial charge in [-0.3, -0.25) is 9.10 Å². The van der Waals surface area contributed by atoms with E-state index in [2.05, 4.69) is 5.32 Å². The van der Waals surface area contributed by atoms with E-state index in [9.17, 15) is 13.2 Å². The van der Waals surface area contributed by atoms with E-state index < -0.39 is 16.1 Å². The third kappa shape index (κ3) is 4.99. The molecule has 0 unspecified atom stereocenters. The number of hydrogen-bond donors (Lipinski definition) is 1. The molecular weight excluding hydrogens is 372 g/mol. The largest absolute Gasteiger partial charge is 0.350 e. The van der Waals surface area contributed by atoms with Crippen LogP contribution >= 0.6 is 11.6 Å². The zero-order valence-corrected chi connectivity index (χ0v) is 16.9. The molecule has 0 aliphatic rings. The molecule has 7 heteroatoms. The number of rotatable bonds is 6. The van der Waals surface area contributed by atoms with Gasteiger partial charge in [0.05, 0.1) is 11.9 Å². The van der Waals surface area contributed by atoms with E-state index in [1.165, 1.54) is 0 Å². The summed E-state index contributed by atoms with van der Waals surface area (Å²) in [4.78, 5) is 12.6. The quantitative estimate of drug-likeness (QED) is 0.816. The number of carbonyl (C=O) groups is 1. The van der Waals surface area contributed by atoms with Crippen molar-refractivity contribution in [2.75, 3.05) is 10.6 Å². The monoisotopic (exact) mass is 394 g/mol. The fourth-order valence-electron chi connectivity index (χ4n) is 2.76. The summed E-state index contributed by atoms with van der Waals surface area (Å²) in [5.41, 5.74) is 3.17. The molecule has 0 aromatic heterocycles. The molecule has 1 atom stereocenters. The number of nitrogens with zero attached hydrogens (tertiary/aromatic N) is 1. The number of carbonyl (C=O) groups excluding carboxylic acids is 1. The Morgan fingerprint density at radius 1 is 1.19 bits per heavy atom. The molecule has 2 rings (SSSR count). The minimum absolute atomic E-state index is 0.330. The van der Waals surface area contributed by atoms with E-state index in [1.54, 1.807) is 32.0 Å². The Bertz CT molecular complexity index is 913. The van der Waals surface area contributed by atoms with Crippen molar-refractivity contribution in [1.29, 1.82) is 0 Å². The molecule has 2 aromatic carbocycles. The fourth-order valence-corrected chi connectivity index (χ4v) is 4.15. The van der Waals surface area contributed by atoms with Crippen LogP contribution in [-0.2, 0) is 21.4 Å². The van der Waals surface area contributed by atoms with Crippen LogP contribution in [-0.4, -0.2) is 26.6 Å². The Morgan fingerprint density at radius 2 is 1.88 bits per heavy atom. The summed E-state index contributed by atoms with van der Waals surface area (Å²) in [6.07, 6.45) is 1.08. The Labute approximate surface area is 160 Å². The Hall–Kier alpha value is -2.05. The molecule has 5 nitrogen and oxygen atoms in total.